The molecule has 1 saturated heterocycles. The van der Waals surface area contributed by atoms with Gasteiger partial charge in [-0.2, -0.15) is 0 Å². The lowest BCUT2D eigenvalue weighted by Crippen LogP contribution is -2.49. The molecule has 170 valence electrons. The fraction of sp³-hybridized carbons (Fsp3) is 0.250. The number of piperazine rings is 1. The van der Waals surface area contributed by atoms with Gasteiger partial charge < -0.3 is 9.80 Å². The molecule has 4 aromatic rings. The van der Waals surface area contributed by atoms with E-state index < -0.39 is 0 Å². The number of benzene rings is 3. The molecule has 2 heterocycles. The zero-order chi connectivity index (χ0) is 23.1. The summed E-state index contributed by atoms with van der Waals surface area (Å²) in [5.41, 5.74) is 3.98. The monoisotopic (exact) mass is 450 g/mol. The summed E-state index contributed by atoms with van der Waals surface area (Å²) in [5, 5.41) is 0.588. The minimum Gasteiger partial charge on any atom is -0.339 e. The molecule has 3 aromatic carbocycles. The topological polar surface area (TPSA) is 69.3 Å². The number of amides is 1. The molecule has 1 aromatic heterocycles. The van der Waals surface area contributed by atoms with Gasteiger partial charge in [0.25, 0.3) is 11.5 Å². The number of rotatable bonds is 4. The average molecular weight is 451 g/mol. The van der Waals surface area contributed by atoms with Gasteiger partial charge >= 0.3 is 0 Å². The molecule has 0 spiro atoms. The van der Waals surface area contributed by atoms with Gasteiger partial charge in [0.15, 0.2) is 0 Å². The molecule has 2 atom stereocenters. The summed E-state index contributed by atoms with van der Waals surface area (Å²) in [6.45, 7) is 2.45. The normalized spacial score (nSPS) is 19.9. The van der Waals surface area contributed by atoms with Crippen LogP contribution in [0.5, 0.6) is 0 Å². The lowest BCUT2D eigenvalue weighted by molar-refractivity contribution is 0.0746. The first-order valence-electron chi connectivity index (χ1n) is 11.9. The summed E-state index contributed by atoms with van der Waals surface area (Å²) in [7, 11) is 0. The SMILES string of the molecule is O=C(c1ccc(C2CC2c2ccccc2)cc1)N1CCN(c2nc3ccccc3c(=O)[nH]2)CC1. The van der Waals surface area contributed by atoms with Crippen molar-refractivity contribution in [2.45, 2.75) is 18.3 Å². The number of hydrogen-bond donors (Lipinski definition) is 1. The molecular formula is C28H26N4O2. The van der Waals surface area contributed by atoms with Gasteiger partial charge in [0, 0.05) is 31.7 Å². The number of anilines is 1. The third kappa shape index (κ3) is 3.85. The molecular weight excluding hydrogens is 424 g/mol. The molecule has 2 unspecified atom stereocenters. The minimum absolute atomic E-state index is 0.0570. The van der Waals surface area contributed by atoms with Crippen LogP contribution >= 0.6 is 0 Å². The van der Waals surface area contributed by atoms with E-state index in [1.54, 1.807) is 6.07 Å². The molecule has 1 aliphatic carbocycles. The number of H-pyrrole nitrogens is 1. The van der Waals surface area contributed by atoms with Crippen molar-refractivity contribution in [1.29, 1.82) is 0 Å². The molecule has 34 heavy (non-hydrogen) atoms. The Morgan fingerprint density at radius 3 is 2.18 bits per heavy atom. The van der Waals surface area contributed by atoms with Crippen molar-refractivity contribution in [1.82, 2.24) is 14.9 Å². The third-order valence-electron chi connectivity index (χ3n) is 7.07. The zero-order valence-electron chi connectivity index (χ0n) is 18.9. The summed E-state index contributed by atoms with van der Waals surface area (Å²) in [5.74, 6) is 1.76. The van der Waals surface area contributed by atoms with E-state index in [0.717, 1.165) is 5.56 Å². The molecule has 0 radical (unpaired) electrons. The van der Waals surface area contributed by atoms with Crippen LogP contribution in [0.15, 0.2) is 83.7 Å². The molecule has 1 N–H and O–H groups in total. The number of fused-ring (bicyclic) bond motifs is 1. The average Bonchev–Trinajstić information content (AvgIpc) is 3.70. The highest BCUT2D eigenvalue weighted by Gasteiger charge is 2.39. The molecule has 2 fully saturated rings. The van der Waals surface area contributed by atoms with Gasteiger partial charge in [-0.1, -0.05) is 54.6 Å². The number of carbonyl (C=O) groups excluding carboxylic acids is 1. The number of carbonyl (C=O) groups is 1. The lowest BCUT2D eigenvalue weighted by atomic mass is 10.0. The first kappa shape index (κ1) is 20.7. The second kappa shape index (κ2) is 8.45. The Bertz CT molecular complexity index is 1390. The smallest absolute Gasteiger partial charge is 0.260 e. The summed E-state index contributed by atoms with van der Waals surface area (Å²) in [4.78, 5) is 36.9. The van der Waals surface area contributed by atoms with Gasteiger partial charge in [0.05, 0.1) is 10.9 Å². The second-order valence-corrected chi connectivity index (χ2v) is 9.17. The van der Waals surface area contributed by atoms with Crippen LogP contribution in [0.2, 0.25) is 0 Å². The summed E-state index contributed by atoms with van der Waals surface area (Å²) >= 11 is 0. The van der Waals surface area contributed by atoms with Crippen LogP contribution in [-0.2, 0) is 0 Å². The van der Waals surface area contributed by atoms with Gasteiger partial charge in [-0.05, 0) is 53.6 Å². The Balaban J connectivity index is 1.09. The third-order valence-corrected chi connectivity index (χ3v) is 7.07. The predicted octanol–water partition coefficient (Wildman–Crippen LogP) is 4.16. The summed E-state index contributed by atoms with van der Waals surface area (Å²) in [6, 6.07) is 26.1. The molecule has 1 saturated carbocycles. The van der Waals surface area contributed by atoms with E-state index >= 15 is 0 Å². The fourth-order valence-electron chi connectivity index (χ4n) is 5.03. The number of nitrogens with one attached hydrogen (secondary N) is 1. The Morgan fingerprint density at radius 2 is 1.44 bits per heavy atom. The van der Waals surface area contributed by atoms with E-state index in [2.05, 4.69) is 52.4 Å². The Kier molecular flexibility index (Phi) is 5.13. The van der Waals surface area contributed by atoms with Crippen molar-refractivity contribution in [3.8, 4) is 0 Å². The number of nitrogens with zero attached hydrogens (tertiary/aromatic N) is 3. The van der Waals surface area contributed by atoms with Crippen molar-refractivity contribution >= 4 is 22.8 Å². The molecule has 0 bridgehead atoms. The standard InChI is InChI=1S/C28H26N4O2/c33-26-22-8-4-5-9-25(22)29-28(30-26)32-16-14-31(15-17-32)27(34)21-12-10-20(11-13-21)24-18-23(24)19-6-2-1-3-7-19/h1-13,23-24H,14-18H2,(H,29,30,33). The Hall–Kier alpha value is -3.93. The number of aromatic nitrogens is 2. The highest BCUT2D eigenvalue weighted by Crippen LogP contribution is 2.54. The molecule has 1 amide bonds. The quantitative estimate of drug-likeness (QED) is 0.507. The Morgan fingerprint density at radius 1 is 0.794 bits per heavy atom. The molecule has 6 rings (SSSR count). The van der Waals surface area contributed by atoms with E-state index in [1.165, 1.54) is 17.5 Å². The van der Waals surface area contributed by atoms with Crippen LogP contribution < -0.4 is 10.5 Å². The summed E-state index contributed by atoms with van der Waals surface area (Å²) < 4.78 is 0. The van der Waals surface area contributed by atoms with E-state index in [-0.39, 0.29) is 11.5 Å². The lowest BCUT2D eigenvalue weighted by Gasteiger charge is -2.35. The van der Waals surface area contributed by atoms with Gasteiger partial charge in [-0.3, -0.25) is 14.6 Å². The first-order valence-corrected chi connectivity index (χ1v) is 11.9. The maximum Gasteiger partial charge on any atom is 0.260 e. The summed E-state index contributed by atoms with van der Waals surface area (Å²) in [6.07, 6.45) is 1.17. The largest absolute Gasteiger partial charge is 0.339 e. The highest BCUT2D eigenvalue weighted by atomic mass is 16.2. The van der Waals surface area contributed by atoms with E-state index in [9.17, 15) is 9.59 Å². The molecule has 6 nitrogen and oxygen atoms in total. The maximum absolute atomic E-state index is 13.1. The van der Waals surface area contributed by atoms with Gasteiger partial charge in [-0.15, -0.1) is 0 Å². The van der Waals surface area contributed by atoms with Crippen LogP contribution in [0, 0.1) is 0 Å². The van der Waals surface area contributed by atoms with Crippen molar-refractivity contribution in [3.05, 3.63) is 106 Å². The molecule has 6 heteroatoms. The molecule has 1 aliphatic heterocycles. The fourth-order valence-corrected chi connectivity index (χ4v) is 5.03. The number of hydrogen-bond acceptors (Lipinski definition) is 4. The van der Waals surface area contributed by atoms with Gasteiger partial charge in [-0.25, -0.2) is 4.98 Å². The van der Waals surface area contributed by atoms with Gasteiger partial charge in [0.1, 0.15) is 0 Å². The Labute approximate surface area is 197 Å². The van der Waals surface area contributed by atoms with Crippen LogP contribution in [0.1, 0.15) is 39.7 Å². The van der Waals surface area contributed by atoms with Crippen molar-refractivity contribution < 1.29 is 4.79 Å². The van der Waals surface area contributed by atoms with Crippen molar-refractivity contribution in [2.24, 2.45) is 0 Å². The van der Waals surface area contributed by atoms with E-state index in [4.69, 9.17) is 0 Å². The van der Waals surface area contributed by atoms with E-state index in [0.29, 0.717) is 54.9 Å². The maximum atomic E-state index is 13.1. The van der Waals surface area contributed by atoms with Gasteiger partial charge in [0.2, 0.25) is 5.95 Å². The van der Waals surface area contributed by atoms with Crippen molar-refractivity contribution in [3.63, 3.8) is 0 Å². The van der Waals surface area contributed by atoms with E-state index in [1.807, 2.05) is 40.1 Å². The minimum atomic E-state index is -0.135. The number of aromatic amines is 1. The van der Waals surface area contributed by atoms with Crippen LogP contribution in [-0.4, -0.2) is 47.0 Å². The molecule has 2 aliphatic rings. The van der Waals surface area contributed by atoms with Crippen LogP contribution in [0.4, 0.5) is 5.95 Å². The zero-order valence-corrected chi connectivity index (χ0v) is 18.9. The highest BCUT2D eigenvalue weighted by molar-refractivity contribution is 5.94. The van der Waals surface area contributed by atoms with Crippen LogP contribution in [0.3, 0.4) is 0 Å². The number of para-hydroxylation sites is 1. The predicted molar refractivity (Wildman–Crippen MR) is 133 cm³/mol. The van der Waals surface area contributed by atoms with Crippen molar-refractivity contribution in [2.75, 3.05) is 31.1 Å². The first-order chi connectivity index (χ1) is 16.7. The van der Waals surface area contributed by atoms with Crippen LogP contribution in [0.25, 0.3) is 10.9 Å². The second-order valence-electron chi connectivity index (χ2n) is 9.17.